The summed E-state index contributed by atoms with van der Waals surface area (Å²) in [6.07, 6.45) is 0.693. The van der Waals surface area contributed by atoms with Crippen LogP contribution >= 0.6 is 0 Å². The SMILES string of the molecule is O[C@@H]1COC2C1OC[C@H]2Oc1cc2nc(-c3c(F)cc(C4=CCOCC4)cc3F)ccc2[nH]1. The largest absolute Gasteiger partial charge is 0.470 e. The summed E-state index contributed by atoms with van der Waals surface area (Å²) in [6, 6.07) is 7.65. The van der Waals surface area contributed by atoms with Crippen LogP contribution in [-0.2, 0) is 14.2 Å². The fraction of sp³-hybridized carbons (Fsp3) is 0.375. The molecule has 2 saturated heterocycles. The first-order chi connectivity index (χ1) is 16.1. The van der Waals surface area contributed by atoms with Crippen LogP contribution in [0.25, 0.3) is 27.9 Å². The minimum Gasteiger partial charge on any atom is -0.470 e. The molecule has 0 saturated carbocycles. The number of H-pyrrole nitrogens is 1. The van der Waals surface area contributed by atoms with Crippen molar-refractivity contribution in [2.75, 3.05) is 26.4 Å². The fourth-order valence-corrected chi connectivity index (χ4v) is 4.69. The zero-order valence-electron chi connectivity index (χ0n) is 17.6. The van der Waals surface area contributed by atoms with E-state index in [1.807, 2.05) is 6.08 Å². The molecule has 0 bridgehead atoms. The van der Waals surface area contributed by atoms with Gasteiger partial charge in [-0.1, -0.05) is 6.08 Å². The summed E-state index contributed by atoms with van der Waals surface area (Å²) in [7, 11) is 0. The number of pyridine rings is 1. The molecule has 5 heterocycles. The molecule has 0 aliphatic carbocycles. The average Bonchev–Trinajstić information content (AvgIpc) is 3.50. The second kappa shape index (κ2) is 8.18. The third kappa shape index (κ3) is 3.71. The maximum Gasteiger partial charge on any atom is 0.193 e. The van der Waals surface area contributed by atoms with Crippen LogP contribution in [0.5, 0.6) is 5.88 Å². The van der Waals surface area contributed by atoms with E-state index in [0.717, 1.165) is 5.57 Å². The highest BCUT2D eigenvalue weighted by molar-refractivity contribution is 5.81. The van der Waals surface area contributed by atoms with Crippen molar-refractivity contribution in [1.82, 2.24) is 9.97 Å². The van der Waals surface area contributed by atoms with Crippen LogP contribution in [-0.4, -0.2) is 65.9 Å². The van der Waals surface area contributed by atoms with Crippen molar-refractivity contribution < 1.29 is 32.8 Å². The molecule has 1 aromatic carbocycles. The number of nitrogens with one attached hydrogen (secondary N) is 1. The first-order valence-corrected chi connectivity index (χ1v) is 10.9. The van der Waals surface area contributed by atoms with Gasteiger partial charge in [0.2, 0.25) is 0 Å². The maximum atomic E-state index is 15.0. The van der Waals surface area contributed by atoms with Crippen molar-refractivity contribution in [2.45, 2.75) is 30.8 Å². The average molecular weight is 456 g/mol. The zero-order valence-corrected chi connectivity index (χ0v) is 17.6. The molecular weight excluding hydrogens is 434 g/mol. The molecule has 2 N–H and O–H groups in total. The van der Waals surface area contributed by atoms with Gasteiger partial charge in [0.15, 0.2) is 12.0 Å². The number of aliphatic hydroxyl groups is 1. The van der Waals surface area contributed by atoms with Gasteiger partial charge in [-0.3, -0.25) is 0 Å². The van der Waals surface area contributed by atoms with Crippen LogP contribution in [0.15, 0.2) is 36.4 Å². The lowest BCUT2D eigenvalue weighted by Crippen LogP contribution is -2.34. The molecule has 172 valence electrons. The number of benzene rings is 1. The Labute approximate surface area is 187 Å². The normalized spacial score (nSPS) is 27.1. The lowest BCUT2D eigenvalue weighted by Gasteiger charge is -2.16. The van der Waals surface area contributed by atoms with Gasteiger partial charge in [0.05, 0.1) is 48.7 Å². The summed E-state index contributed by atoms with van der Waals surface area (Å²) >= 11 is 0. The molecule has 7 nitrogen and oxygen atoms in total. The third-order valence-electron chi connectivity index (χ3n) is 6.34. The smallest absolute Gasteiger partial charge is 0.193 e. The van der Waals surface area contributed by atoms with Crippen molar-refractivity contribution in [3.05, 3.63) is 53.6 Å². The number of nitrogens with zero attached hydrogens (tertiary/aromatic N) is 1. The van der Waals surface area contributed by atoms with Crippen LogP contribution in [0.2, 0.25) is 0 Å². The molecular formula is C24H22F2N2O5. The van der Waals surface area contributed by atoms with Gasteiger partial charge in [0.1, 0.15) is 29.9 Å². The second-order valence-electron chi connectivity index (χ2n) is 8.45. The Bertz CT molecular complexity index is 1220. The van der Waals surface area contributed by atoms with Crippen LogP contribution in [0, 0.1) is 11.6 Å². The molecule has 4 atom stereocenters. The second-order valence-corrected chi connectivity index (χ2v) is 8.45. The van der Waals surface area contributed by atoms with Gasteiger partial charge < -0.3 is 29.0 Å². The Balaban J connectivity index is 1.27. The summed E-state index contributed by atoms with van der Waals surface area (Å²) in [5.74, 6) is -0.888. The number of halogens is 2. The highest BCUT2D eigenvalue weighted by atomic mass is 19.1. The Kier molecular flexibility index (Phi) is 5.14. The lowest BCUT2D eigenvalue weighted by atomic mass is 9.98. The summed E-state index contributed by atoms with van der Waals surface area (Å²) in [4.78, 5) is 7.56. The summed E-state index contributed by atoms with van der Waals surface area (Å²) in [5, 5.41) is 9.88. The van der Waals surface area contributed by atoms with Crippen LogP contribution in [0.3, 0.4) is 0 Å². The number of aliphatic hydroxyl groups excluding tert-OH is 1. The van der Waals surface area contributed by atoms with Gasteiger partial charge in [0, 0.05) is 6.07 Å². The van der Waals surface area contributed by atoms with Gasteiger partial charge in [-0.15, -0.1) is 0 Å². The zero-order chi connectivity index (χ0) is 22.5. The Morgan fingerprint density at radius 3 is 2.67 bits per heavy atom. The Morgan fingerprint density at radius 2 is 1.88 bits per heavy atom. The topological polar surface area (TPSA) is 85.8 Å². The van der Waals surface area contributed by atoms with Crippen LogP contribution in [0.1, 0.15) is 12.0 Å². The summed E-state index contributed by atoms with van der Waals surface area (Å²) < 4.78 is 52.3. The highest BCUT2D eigenvalue weighted by Crippen LogP contribution is 2.33. The van der Waals surface area contributed by atoms with E-state index in [1.54, 1.807) is 18.2 Å². The Morgan fingerprint density at radius 1 is 1.06 bits per heavy atom. The minimum absolute atomic E-state index is 0.169. The molecule has 9 heteroatoms. The van der Waals surface area contributed by atoms with Crippen LogP contribution in [0.4, 0.5) is 8.78 Å². The number of aromatic nitrogens is 2. The highest BCUT2D eigenvalue weighted by Gasteiger charge is 2.48. The molecule has 0 radical (unpaired) electrons. The standard InChI is InChI=1S/C24H22F2N2O5/c25-14-7-13(12-3-5-30-6-4-12)8-15(26)22(14)17-2-1-16-18(27-17)9-21(28-16)33-20-11-32-23-19(29)10-31-24(20)23/h1-3,7-9,19-20,23-24,28-29H,4-6,10-11H2/t19-,20-,23?,24?/m1/s1. The number of aromatic amines is 1. The number of hydrogen-bond acceptors (Lipinski definition) is 6. The monoisotopic (exact) mass is 456 g/mol. The number of hydrogen-bond donors (Lipinski definition) is 2. The van der Waals surface area contributed by atoms with E-state index in [2.05, 4.69) is 9.97 Å². The third-order valence-corrected chi connectivity index (χ3v) is 6.34. The molecule has 33 heavy (non-hydrogen) atoms. The molecule has 3 aromatic rings. The quantitative estimate of drug-likeness (QED) is 0.627. The molecule has 0 spiro atoms. The van der Waals surface area contributed by atoms with Gasteiger partial charge in [0.25, 0.3) is 0 Å². The Hall–Kier alpha value is -2.85. The predicted molar refractivity (Wildman–Crippen MR) is 115 cm³/mol. The molecule has 2 fully saturated rings. The van der Waals surface area contributed by atoms with E-state index in [1.165, 1.54) is 12.1 Å². The maximum absolute atomic E-state index is 15.0. The van der Waals surface area contributed by atoms with E-state index < -0.39 is 23.8 Å². The minimum atomic E-state index is -0.665. The van der Waals surface area contributed by atoms with Crippen molar-refractivity contribution in [3.8, 4) is 17.1 Å². The van der Waals surface area contributed by atoms with Gasteiger partial charge in [-0.25, -0.2) is 13.8 Å². The van der Waals surface area contributed by atoms with E-state index in [-0.39, 0.29) is 30.1 Å². The number of ether oxygens (including phenoxy) is 4. The van der Waals surface area contributed by atoms with Crippen molar-refractivity contribution in [3.63, 3.8) is 0 Å². The summed E-state index contributed by atoms with van der Waals surface area (Å²) in [5.41, 5.74) is 2.60. The summed E-state index contributed by atoms with van der Waals surface area (Å²) in [6.45, 7) is 1.49. The molecule has 2 aromatic heterocycles. The van der Waals surface area contributed by atoms with Gasteiger partial charge in [-0.05, 0) is 41.8 Å². The van der Waals surface area contributed by atoms with Crippen molar-refractivity contribution in [1.29, 1.82) is 0 Å². The van der Waals surface area contributed by atoms with Crippen LogP contribution < -0.4 is 4.74 Å². The first kappa shape index (κ1) is 20.7. The van der Waals surface area contributed by atoms with Crippen molar-refractivity contribution >= 4 is 16.6 Å². The lowest BCUT2D eigenvalue weighted by molar-refractivity contribution is 0.00794. The number of rotatable bonds is 4. The fourth-order valence-electron chi connectivity index (χ4n) is 4.69. The molecule has 0 amide bonds. The van der Waals surface area contributed by atoms with E-state index in [4.69, 9.17) is 18.9 Å². The van der Waals surface area contributed by atoms with Gasteiger partial charge >= 0.3 is 0 Å². The van der Waals surface area contributed by atoms with E-state index in [9.17, 15) is 13.9 Å². The van der Waals surface area contributed by atoms with E-state index in [0.29, 0.717) is 48.7 Å². The van der Waals surface area contributed by atoms with Gasteiger partial charge in [-0.2, -0.15) is 0 Å². The first-order valence-electron chi connectivity index (χ1n) is 10.9. The molecule has 3 aliphatic rings. The molecule has 6 rings (SSSR count). The van der Waals surface area contributed by atoms with Crippen molar-refractivity contribution in [2.24, 2.45) is 0 Å². The van der Waals surface area contributed by atoms with E-state index >= 15 is 0 Å². The molecule has 2 unspecified atom stereocenters. The predicted octanol–water partition coefficient (Wildman–Crippen LogP) is 3.22. The number of fused-ring (bicyclic) bond motifs is 2. The molecule has 3 aliphatic heterocycles.